The molecule has 10 heteroatoms. The summed E-state index contributed by atoms with van der Waals surface area (Å²) in [5.41, 5.74) is 3.98. The highest BCUT2D eigenvalue weighted by molar-refractivity contribution is 5.94. The molecule has 3 aliphatic rings. The maximum atomic E-state index is 13.6. The lowest BCUT2D eigenvalue weighted by Gasteiger charge is -2.31. The first-order valence-corrected chi connectivity index (χ1v) is 17.4. The second-order valence-corrected chi connectivity index (χ2v) is 14.4. The number of hydrogen-bond donors (Lipinski definition) is 3. The van der Waals surface area contributed by atoms with E-state index < -0.39 is 53.6 Å². The summed E-state index contributed by atoms with van der Waals surface area (Å²) in [6.07, 6.45) is 5.36. The van der Waals surface area contributed by atoms with E-state index in [4.69, 9.17) is 18.9 Å². The summed E-state index contributed by atoms with van der Waals surface area (Å²) in [5, 5.41) is 22.8. The molecule has 3 aromatic rings. The molecule has 0 bridgehead atoms. The van der Waals surface area contributed by atoms with Crippen LogP contribution in [0.15, 0.2) is 90.5 Å². The predicted octanol–water partition coefficient (Wildman–Crippen LogP) is 5.38. The van der Waals surface area contributed by atoms with Gasteiger partial charge in [0, 0.05) is 31.3 Å². The molecule has 2 aliphatic carbocycles. The maximum Gasteiger partial charge on any atom is 0.338 e. The van der Waals surface area contributed by atoms with Crippen LogP contribution in [0.5, 0.6) is 5.75 Å². The molecule has 1 aliphatic heterocycles. The average Bonchev–Trinajstić information content (AvgIpc) is 3.64. The predicted molar refractivity (Wildman–Crippen MR) is 190 cm³/mol. The van der Waals surface area contributed by atoms with Gasteiger partial charge in [0.05, 0.1) is 18.2 Å². The fraction of sp³-hybridized carbons (Fsp3) is 0.390. The average molecular weight is 696 g/mol. The maximum absolute atomic E-state index is 13.6. The minimum atomic E-state index is -0.947. The number of benzene rings is 3. The summed E-state index contributed by atoms with van der Waals surface area (Å²) in [4.78, 5) is 39.4. The number of ether oxygens (including phenoxy) is 4. The van der Waals surface area contributed by atoms with E-state index in [1.54, 1.807) is 51.1 Å². The lowest BCUT2D eigenvalue weighted by Crippen LogP contribution is -2.45. The third kappa shape index (κ3) is 8.94. The number of para-hydroxylation sites is 1. The van der Waals surface area contributed by atoms with Crippen molar-refractivity contribution in [1.29, 1.82) is 0 Å². The monoisotopic (exact) mass is 695 g/mol. The van der Waals surface area contributed by atoms with Gasteiger partial charge in [-0.3, -0.25) is 9.59 Å². The number of carbonyl (C=O) groups excluding carboxylic acids is 3. The van der Waals surface area contributed by atoms with Crippen molar-refractivity contribution >= 4 is 23.9 Å². The van der Waals surface area contributed by atoms with Gasteiger partial charge in [0.25, 0.3) is 0 Å². The van der Waals surface area contributed by atoms with E-state index in [0.717, 1.165) is 22.3 Å². The number of hydrogen-bond acceptors (Lipinski definition) is 9. The number of fused-ring (bicyclic) bond motifs is 2. The fourth-order valence-electron chi connectivity index (χ4n) is 6.78. The molecule has 268 valence electrons. The Hall–Kier alpha value is -4.77. The highest BCUT2D eigenvalue weighted by Gasteiger charge is 2.55. The van der Waals surface area contributed by atoms with E-state index >= 15 is 0 Å². The van der Waals surface area contributed by atoms with Crippen molar-refractivity contribution < 1.29 is 43.5 Å². The molecule has 1 saturated heterocycles. The van der Waals surface area contributed by atoms with Gasteiger partial charge in [-0.2, -0.15) is 0 Å². The largest absolute Gasteiger partial charge is 0.508 e. The number of esters is 2. The summed E-state index contributed by atoms with van der Waals surface area (Å²) in [6.45, 7) is 4.96. The summed E-state index contributed by atoms with van der Waals surface area (Å²) < 4.78 is 24.6. The highest BCUT2D eigenvalue weighted by Crippen LogP contribution is 2.45. The molecular weight excluding hydrogens is 650 g/mol. The Balaban J connectivity index is 1.14. The van der Waals surface area contributed by atoms with E-state index in [-0.39, 0.29) is 31.6 Å². The van der Waals surface area contributed by atoms with Gasteiger partial charge >= 0.3 is 11.9 Å². The van der Waals surface area contributed by atoms with Gasteiger partial charge in [-0.1, -0.05) is 66.7 Å². The molecular formula is C41H45NO9. The number of amides is 1. The molecule has 6 rings (SSSR count). The van der Waals surface area contributed by atoms with Crippen LogP contribution in [0.3, 0.4) is 0 Å². The van der Waals surface area contributed by atoms with E-state index in [1.165, 1.54) is 0 Å². The standard InChI is InChI=1S/C41H45NO9/c1-40(2,3)50-36(45)20-19-32(25-43)42-38(46)31-21-34(37-35(22-31)49-41(51-37)23-29-11-4-5-12-30(29)24-41)48-39(47)28-17-15-26(16-18-28)9-8-13-27-10-6-7-14-33(27)44/h4-12,14-18,22,32,34-35,37,43-44H,13,19-21,23-25H2,1-3H3,(H,42,46). The van der Waals surface area contributed by atoms with Crippen LogP contribution in [-0.2, 0) is 47.8 Å². The zero-order valence-corrected chi connectivity index (χ0v) is 29.2. The molecule has 3 aromatic carbocycles. The SMILES string of the molecule is CC(C)(C)OC(=O)CCC(CO)NC(=O)C1=CC2OC3(Cc4ccccc4C3)OC2C(OC(=O)c2ccc(C=CCc3ccccc3O)cc2)C1. The molecule has 1 fully saturated rings. The van der Waals surface area contributed by atoms with E-state index in [2.05, 4.69) is 5.32 Å². The van der Waals surface area contributed by atoms with Crippen LogP contribution in [-0.4, -0.2) is 70.4 Å². The lowest BCUT2D eigenvalue weighted by atomic mass is 9.91. The smallest absolute Gasteiger partial charge is 0.338 e. The molecule has 0 saturated carbocycles. The van der Waals surface area contributed by atoms with Gasteiger partial charge in [0.2, 0.25) is 5.91 Å². The van der Waals surface area contributed by atoms with Crippen molar-refractivity contribution in [2.45, 2.75) is 95.0 Å². The topological polar surface area (TPSA) is 141 Å². The van der Waals surface area contributed by atoms with Crippen LogP contribution in [0.1, 0.15) is 72.6 Å². The highest BCUT2D eigenvalue weighted by atomic mass is 16.8. The van der Waals surface area contributed by atoms with Crippen molar-refractivity contribution in [2.24, 2.45) is 0 Å². The Morgan fingerprint density at radius 1 is 0.980 bits per heavy atom. The van der Waals surface area contributed by atoms with Gasteiger partial charge in [0.1, 0.15) is 29.7 Å². The normalized spacial score (nSPS) is 21.1. The second kappa shape index (κ2) is 15.2. The van der Waals surface area contributed by atoms with Crippen molar-refractivity contribution in [3.8, 4) is 5.75 Å². The molecule has 10 nitrogen and oxygen atoms in total. The third-order valence-corrected chi connectivity index (χ3v) is 9.23. The zero-order valence-electron chi connectivity index (χ0n) is 29.2. The molecule has 51 heavy (non-hydrogen) atoms. The van der Waals surface area contributed by atoms with Gasteiger partial charge in [0.15, 0.2) is 5.79 Å². The number of phenols is 1. The molecule has 1 spiro atoms. The lowest BCUT2D eigenvalue weighted by molar-refractivity contribution is -0.172. The van der Waals surface area contributed by atoms with Gasteiger partial charge < -0.3 is 34.5 Å². The fourth-order valence-corrected chi connectivity index (χ4v) is 6.78. The summed E-state index contributed by atoms with van der Waals surface area (Å²) >= 11 is 0. The molecule has 0 radical (unpaired) electrons. The Labute approximate surface area is 298 Å². The number of carbonyl (C=O) groups is 3. The quantitative estimate of drug-likeness (QED) is 0.226. The summed E-state index contributed by atoms with van der Waals surface area (Å²) in [7, 11) is 0. The number of nitrogens with one attached hydrogen (secondary N) is 1. The molecule has 0 aromatic heterocycles. The molecule has 3 N–H and O–H groups in total. The number of aliphatic hydroxyl groups is 1. The van der Waals surface area contributed by atoms with Gasteiger partial charge in [-0.25, -0.2) is 4.79 Å². The Kier molecular flexibility index (Phi) is 10.8. The van der Waals surface area contributed by atoms with Gasteiger partial charge in [-0.15, -0.1) is 0 Å². The first kappa shape index (κ1) is 36.0. The van der Waals surface area contributed by atoms with E-state index in [1.807, 2.05) is 60.7 Å². The summed E-state index contributed by atoms with van der Waals surface area (Å²) in [6, 6.07) is 21.5. The van der Waals surface area contributed by atoms with E-state index in [9.17, 15) is 24.6 Å². The Bertz CT molecular complexity index is 1780. The van der Waals surface area contributed by atoms with Crippen LogP contribution in [0.2, 0.25) is 0 Å². The first-order valence-electron chi connectivity index (χ1n) is 17.4. The van der Waals surface area contributed by atoms with Crippen molar-refractivity contribution in [3.63, 3.8) is 0 Å². The Morgan fingerprint density at radius 2 is 1.67 bits per heavy atom. The van der Waals surface area contributed by atoms with Crippen LogP contribution in [0.4, 0.5) is 0 Å². The number of allylic oxidation sites excluding steroid dienone is 1. The van der Waals surface area contributed by atoms with Crippen molar-refractivity contribution in [1.82, 2.24) is 5.32 Å². The summed E-state index contributed by atoms with van der Waals surface area (Å²) in [5.74, 6) is -2.13. The number of aromatic hydroxyl groups is 1. The number of phenolic OH excluding ortho intramolecular Hbond substituents is 1. The molecule has 4 unspecified atom stereocenters. The number of rotatable bonds is 11. The zero-order chi connectivity index (χ0) is 36.2. The second-order valence-electron chi connectivity index (χ2n) is 14.4. The van der Waals surface area contributed by atoms with Crippen LogP contribution in [0, 0.1) is 0 Å². The molecule has 1 amide bonds. The van der Waals surface area contributed by atoms with E-state index in [0.29, 0.717) is 30.4 Å². The first-order chi connectivity index (χ1) is 24.4. The van der Waals surface area contributed by atoms with Crippen LogP contribution in [0.25, 0.3) is 6.08 Å². The van der Waals surface area contributed by atoms with Crippen molar-refractivity contribution in [2.75, 3.05) is 6.61 Å². The Morgan fingerprint density at radius 3 is 2.33 bits per heavy atom. The number of aliphatic hydroxyl groups excluding tert-OH is 1. The molecule has 1 heterocycles. The third-order valence-electron chi connectivity index (χ3n) is 9.23. The minimum absolute atomic E-state index is 0.0258. The minimum Gasteiger partial charge on any atom is -0.508 e. The van der Waals surface area contributed by atoms with Gasteiger partial charge in [-0.05, 0) is 80.1 Å². The van der Waals surface area contributed by atoms with Crippen molar-refractivity contribution in [3.05, 3.63) is 118 Å². The molecule has 4 atom stereocenters. The van der Waals surface area contributed by atoms with Crippen LogP contribution >= 0.6 is 0 Å². The van der Waals surface area contributed by atoms with Crippen LogP contribution < -0.4 is 5.32 Å².